The van der Waals surface area contributed by atoms with Crippen molar-refractivity contribution in [2.24, 2.45) is 11.7 Å². The number of rotatable bonds is 6. The summed E-state index contributed by atoms with van der Waals surface area (Å²) in [6, 6.07) is 5.83. The smallest absolute Gasteiger partial charge is 0.346 e. The summed E-state index contributed by atoms with van der Waals surface area (Å²) in [5.41, 5.74) is 5.34. The average Bonchev–Trinajstić information content (AvgIpc) is 3.09. The summed E-state index contributed by atoms with van der Waals surface area (Å²) in [7, 11) is 0. The maximum absolute atomic E-state index is 12.9. The standard InChI is InChI=1S/C17H20F3N5O2.ClH/c1-10(2)15(21)16(27)22-9-14(26)24-11-3-5-12(6-4-11)25-13(7-8-23-25)17(18,19)20;/h3-8,10,15H,9,21H2,1-2H3,(H,22,27)(H,24,26);1H/t15-;/m0./s1. The number of carbonyl (C=O) groups is 2. The van der Waals surface area contributed by atoms with Gasteiger partial charge in [-0.15, -0.1) is 12.4 Å². The summed E-state index contributed by atoms with van der Waals surface area (Å²) in [4.78, 5) is 23.6. The lowest BCUT2D eigenvalue weighted by atomic mass is 10.1. The molecule has 4 N–H and O–H groups in total. The molecule has 7 nitrogen and oxygen atoms in total. The highest BCUT2D eigenvalue weighted by molar-refractivity contribution is 5.95. The lowest BCUT2D eigenvalue weighted by Crippen LogP contribution is -2.46. The van der Waals surface area contributed by atoms with Crippen molar-refractivity contribution in [2.75, 3.05) is 11.9 Å². The number of benzene rings is 1. The molecule has 1 heterocycles. The van der Waals surface area contributed by atoms with Gasteiger partial charge in [-0.2, -0.15) is 18.3 Å². The van der Waals surface area contributed by atoms with E-state index in [2.05, 4.69) is 15.7 Å². The third kappa shape index (κ3) is 5.96. The molecule has 0 saturated heterocycles. The van der Waals surface area contributed by atoms with Crippen LogP contribution in [-0.2, 0) is 15.8 Å². The van der Waals surface area contributed by atoms with Gasteiger partial charge in [-0.25, -0.2) is 4.68 Å². The molecular weight excluding hydrogens is 399 g/mol. The third-order valence-electron chi connectivity index (χ3n) is 3.77. The molecular formula is C17H21ClF3N5O2. The fourth-order valence-corrected chi connectivity index (χ4v) is 2.20. The van der Waals surface area contributed by atoms with E-state index in [1.807, 2.05) is 0 Å². The van der Waals surface area contributed by atoms with Crippen molar-refractivity contribution in [1.29, 1.82) is 0 Å². The van der Waals surface area contributed by atoms with E-state index in [-0.39, 0.29) is 30.6 Å². The quantitative estimate of drug-likeness (QED) is 0.668. The number of nitrogens with two attached hydrogens (primary N) is 1. The molecule has 0 radical (unpaired) electrons. The minimum atomic E-state index is -4.53. The monoisotopic (exact) mass is 419 g/mol. The largest absolute Gasteiger partial charge is 0.433 e. The number of anilines is 1. The summed E-state index contributed by atoms with van der Waals surface area (Å²) in [6.07, 6.45) is -3.47. The van der Waals surface area contributed by atoms with E-state index < -0.39 is 29.7 Å². The predicted molar refractivity (Wildman–Crippen MR) is 100 cm³/mol. The van der Waals surface area contributed by atoms with Gasteiger partial charge in [-0.3, -0.25) is 9.59 Å². The van der Waals surface area contributed by atoms with Crippen LogP contribution in [0.3, 0.4) is 0 Å². The van der Waals surface area contributed by atoms with Crippen LogP contribution in [0.25, 0.3) is 5.69 Å². The van der Waals surface area contributed by atoms with E-state index in [4.69, 9.17) is 5.73 Å². The van der Waals surface area contributed by atoms with Gasteiger partial charge in [0.25, 0.3) is 0 Å². The van der Waals surface area contributed by atoms with Crippen molar-refractivity contribution in [3.8, 4) is 5.69 Å². The number of hydrogen-bond donors (Lipinski definition) is 3. The second-order valence-electron chi connectivity index (χ2n) is 6.21. The van der Waals surface area contributed by atoms with E-state index >= 15 is 0 Å². The van der Waals surface area contributed by atoms with E-state index in [0.717, 1.165) is 16.9 Å². The first kappa shape index (κ1) is 23.4. The van der Waals surface area contributed by atoms with Gasteiger partial charge in [-0.05, 0) is 36.2 Å². The SMILES string of the molecule is CC(C)[C@H](N)C(=O)NCC(=O)Nc1ccc(-n2nccc2C(F)(F)F)cc1.Cl. The van der Waals surface area contributed by atoms with Crippen LogP contribution in [0.5, 0.6) is 0 Å². The van der Waals surface area contributed by atoms with Crippen molar-refractivity contribution in [2.45, 2.75) is 26.1 Å². The summed E-state index contributed by atoms with van der Waals surface area (Å²) in [6.45, 7) is 3.31. The molecule has 2 amide bonds. The number of amides is 2. The van der Waals surface area contributed by atoms with Crippen LogP contribution in [-0.4, -0.2) is 34.2 Å². The van der Waals surface area contributed by atoms with E-state index in [1.165, 1.54) is 24.3 Å². The topological polar surface area (TPSA) is 102 Å². The lowest BCUT2D eigenvalue weighted by Gasteiger charge is -2.15. The maximum Gasteiger partial charge on any atom is 0.433 e. The van der Waals surface area contributed by atoms with E-state index in [1.54, 1.807) is 13.8 Å². The molecule has 154 valence electrons. The van der Waals surface area contributed by atoms with Gasteiger partial charge >= 0.3 is 6.18 Å². The molecule has 0 aliphatic carbocycles. The van der Waals surface area contributed by atoms with E-state index in [9.17, 15) is 22.8 Å². The summed E-state index contributed by atoms with van der Waals surface area (Å²) < 4.78 is 39.5. The first-order valence-corrected chi connectivity index (χ1v) is 8.14. The van der Waals surface area contributed by atoms with Gasteiger partial charge < -0.3 is 16.4 Å². The molecule has 0 unspecified atom stereocenters. The van der Waals surface area contributed by atoms with Crippen LogP contribution in [0, 0.1) is 5.92 Å². The van der Waals surface area contributed by atoms with Gasteiger partial charge in [0.1, 0.15) is 5.69 Å². The molecule has 28 heavy (non-hydrogen) atoms. The number of nitrogens with zero attached hydrogens (tertiary/aromatic N) is 2. The highest BCUT2D eigenvalue weighted by Crippen LogP contribution is 2.30. The molecule has 0 fully saturated rings. The number of nitrogens with one attached hydrogen (secondary N) is 2. The zero-order chi connectivity index (χ0) is 20.2. The fourth-order valence-electron chi connectivity index (χ4n) is 2.20. The van der Waals surface area contributed by atoms with Crippen LogP contribution < -0.4 is 16.4 Å². The summed E-state index contributed by atoms with van der Waals surface area (Å²) >= 11 is 0. The number of alkyl halides is 3. The number of halogens is 4. The number of hydrogen-bond acceptors (Lipinski definition) is 4. The fraction of sp³-hybridized carbons (Fsp3) is 0.353. The van der Waals surface area contributed by atoms with Crippen LogP contribution in [0.2, 0.25) is 0 Å². The molecule has 0 saturated carbocycles. The normalized spacial score (nSPS) is 12.2. The van der Waals surface area contributed by atoms with Crippen molar-refractivity contribution in [3.05, 3.63) is 42.2 Å². The van der Waals surface area contributed by atoms with Crippen LogP contribution in [0.15, 0.2) is 36.5 Å². The Morgan fingerprint density at radius 1 is 1.18 bits per heavy atom. The molecule has 0 aliphatic rings. The van der Waals surface area contributed by atoms with Crippen molar-refractivity contribution in [1.82, 2.24) is 15.1 Å². The summed E-state index contributed by atoms with van der Waals surface area (Å²) in [5, 5.41) is 8.64. The highest BCUT2D eigenvalue weighted by atomic mass is 35.5. The first-order chi connectivity index (χ1) is 12.6. The Hall–Kier alpha value is -2.59. The Bertz CT molecular complexity index is 806. The van der Waals surface area contributed by atoms with Crippen molar-refractivity contribution in [3.63, 3.8) is 0 Å². The Morgan fingerprint density at radius 3 is 2.32 bits per heavy atom. The van der Waals surface area contributed by atoms with Crippen LogP contribution in [0.4, 0.5) is 18.9 Å². The van der Waals surface area contributed by atoms with Gasteiger partial charge in [-0.1, -0.05) is 13.8 Å². The van der Waals surface area contributed by atoms with Crippen LogP contribution in [0.1, 0.15) is 19.5 Å². The minimum Gasteiger partial charge on any atom is -0.346 e. The van der Waals surface area contributed by atoms with Crippen LogP contribution >= 0.6 is 12.4 Å². The predicted octanol–water partition coefficient (Wildman–Crippen LogP) is 2.35. The molecule has 0 bridgehead atoms. The van der Waals surface area contributed by atoms with Gasteiger partial charge in [0.15, 0.2) is 0 Å². The Kier molecular flexibility index (Phi) is 8.01. The van der Waals surface area contributed by atoms with Gasteiger partial charge in [0.2, 0.25) is 11.8 Å². The number of carbonyl (C=O) groups excluding carboxylic acids is 2. The molecule has 11 heteroatoms. The second-order valence-corrected chi connectivity index (χ2v) is 6.21. The maximum atomic E-state index is 12.9. The van der Waals surface area contributed by atoms with Gasteiger partial charge in [0.05, 0.1) is 24.5 Å². The highest BCUT2D eigenvalue weighted by Gasteiger charge is 2.35. The molecule has 2 rings (SSSR count). The Labute approximate surface area is 165 Å². The molecule has 2 aromatic rings. The lowest BCUT2D eigenvalue weighted by molar-refractivity contribution is -0.142. The second kappa shape index (κ2) is 9.56. The molecule has 0 spiro atoms. The molecule has 1 atom stereocenters. The van der Waals surface area contributed by atoms with Gasteiger partial charge in [0, 0.05) is 5.69 Å². The molecule has 1 aromatic carbocycles. The zero-order valence-corrected chi connectivity index (χ0v) is 16.0. The Morgan fingerprint density at radius 2 is 1.79 bits per heavy atom. The Balaban J connectivity index is 0.00000392. The molecule has 0 aliphatic heterocycles. The van der Waals surface area contributed by atoms with Crippen molar-refractivity contribution >= 4 is 29.9 Å². The zero-order valence-electron chi connectivity index (χ0n) is 15.2. The molecule has 1 aromatic heterocycles. The third-order valence-corrected chi connectivity index (χ3v) is 3.77. The summed E-state index contributed by atoms with van der Waals surface area (Å²) in [5.74, 6) is -0.986. The van der Waals surface area contributed by atoms with Crippen molar-refractivity contribution < 1.29 is 22.8 Å². The number of aromatic nitrogens is 2. The first-order valence-electron chi connectivity index (χ1n) is 8.14. The average molecular weight is 420 g/mol. The van der Waals surface area contributed by atoms with E-state index in [0.29, 0.717) is 5.69 Å². The minimum absolute atomic E-state index is 0.